The van der Waals surface area contributed by atoms with Gasteiger partial charge in [0.25, 0.3) is 0 Å². The second-order valence-electron chi connectivity index (χ2n) is 3.96. The number of piperidine rings is 1. The molecule has 1 aromatic heterocycles. The Balaban J connectivity index is 1.91. The van der Waals surface area contributed by atoms with E-state index in [9.17, 15) is 4.79 Å². The molecule has 1 aromatic rings. The molecule has 4 heteroatoms. The Bertz CT molecular complexity index is 337. The lowest BCUT2D eigenvalue weighted by atomic mass is 10.1. The maximum absolute atomic E-state index is 11.1. The van der Waals surface area contributed by atoms with E-state index >= 15 is 0 Å². The molecule has 0 atom stereocenters. The summed E-state index contributed by atoms with van der Waals surface area (Å²) in [5.41, 5.74) is 1.92. The van der Waals surface area contributed by atoms with Crippen molar-refractivity contribution in [2.75, 3.05) is 13.1 Å². The predicted octanol–water partition coefficient (Wildman–Crippen LogP) is 0.950. The third-order valence-corrected chi connectivity index (χ3v) is 2.63. The number of carbonyl (C=O) groups is 1. The van der Waals surface area contributed by atoms with Gasteiger partial charge in [0, 0.05) is 44.9 Å². The van der Waals surface area contributed by atoms with Crippen molar-refractivity contribution in [3.8, 4) is 0 Å². The Labute approximate surface area is 89.3 Å². The second-order valence-corrected chi connectivity index (χ2v) is 3.96. The van der Waals surface area contributed by atoms with Crippen LogP contribution in [0.25, 0.3) is 0 Å². The summed E-state index contributed by atoms with van der Waals surface area (Å²) in [4.78, 5) is 21.8. The van der Waals surface area contributed by atoms with E-state index in [0.29, 0.717) is 18.6 Å². The molecule has 0 amide bonds. The number of aromatic nitrogens is 2. The van der Waals surface area contributed by atoms with Crippen LogP contribution >= 0.6 is 0 Å². The van der Waals surface area contributed by atoms with Crippen molar-refractivity contribution in [3.63, 3.8) is 0 Å². The molecule has 0 aromatic carbocycles. The molecular weight excluding hydrogens is 190 g/mol. The first-order valence-electron chi connectivity index (χ1n) is 5.25. The van der Waals surface area contributed by atoms with Crippen LogP contribution in [0.3, 0.4) is 0 Å². The summed E-state index contributed by atoms with van der Waals surface area (Å²) < 4.78 is 0. The Morgan fingerprint density at radius 3 is 2.60 bits per heavy atom. The van der Waals surface area contributed by atoms with Gasteiger partial charge in [-0.1, -0.05) is 0 Å². The van der Waals surface area contributed by atoms with Gasteiger partial charge < -0.3 is 0 Å². The van der Waals surface area contributed by atoms with E-state index in [-0.39, 0.29) is 0 Å². The van der Waals surface area contributed by atoms with Gasteiger partial charge in [0.05, 0.1) is 11.4 Å². The topological polar surface area (TPSA) is 46.1 Å². The molecule has 0 bridgehead atoms. The first kappa shape index (κ1) is 10.2. The number of ketones is 1. The molecular formula is C11H15N3O. The number of hydrogen-bond donors (Lipinski definition) is 0. The lowest BCUT2D eigenvalue weighted by Gasteiger charge is -2.25. The zero-order valence-electron chi connectivity index (χ0n) is 8.94. The highest BCUT2D eigenvalue weighted by Crippen LogP contribution is 2.08. The molecule has 1 fully saturated rings. The SMILES string of the molecule is Cc1cnc(CN2CCC(=O)CC2)cn1. The van der Waals surface area contributed by atoms with Gasteiger partial charge in [0.15, 0.2) is 0 Å². The summed E-state index contributed by atoms with van der Waals surface area (Å²) >= 11 is 0. The van der Waals surface area contributed by atoms with Crippen molar-refractivity contribution in [2.24, 2.45) is 0 Å². The molecule has 1 aliphatic rings. The van der Waals surface area contributed by atoms with E-state index in [4.69, 9.17) is 0 Å². The van der Waals surface area contributed by atoms with Crippen molar-refractivity contribution in [2.45, 2.75) is 26.3 Å². The molecule has 4 nitrogen and oxygen atoms in total. The van der Waals surface area contributed by atoms with Crippen LogP contribution in [0.5, 0.6) is 0 Å². The number of rotatable bonds is 2. The lowest BCUT2D eigenvalue weighted by molar-refractivity contribution is -0.121. The predicted molar refractivity (Wildman–Crippen MR) is 56.3 cm³/mol. The average molecular weight is 205 g/mol. The molecule has 0 unspecified atom stereocenters. The minimum absolute atomic E-state index is 0.376. The zero-order chi connectivity index (χ0) is 10.7. The van der Waals surface area contributed by atoms with Crippen LogP contribution in [0.2, 0.25) is 0 Å². The number of Topliss-reactive ketones (excluding diaryl/α,β-unsaturated/α-hetero) is 1. The van der Waals surface area contributed by atoms with E-state index in [0.717, 1.165) is 31.0 Å². The maximum Gasteiger partial charge on any atom is 0.135 e. The lowest BCUT2D eigenvalue weighted by Crippen LogP contribution is -2.33. The third-order valence-electron chi connectivity index (χ3n) is 2.63. The van der Waals surface area contributed by atoms with Crippen LogP contribution in [0, 0.1) is 6.92 Å². The molecule has 1 saturated heterocycles. The molecule has 0 radical (unpaired) electrons. The zero-order valence-corrected chi connectivity index (χ0v) is 8.94. The Kier molecular flexibility index (Phi) is 3.06. The molecule has 0 aliphatic carbocycles. The minimum atomic E-state index is 0.376. The first-order chi connectivity index (χ1) is 7.24. The standard InChI is InChI=1S/C11H15N3O/c1-9-6-13-10(7-12-9)8-14-4-2-11(15)3-5-14/h6-7H,2-5,8H2,1H3. The van der Waals surface area contributed by atoms with Crippen LogP contribution in [0.15, 0.2) is 12.4 Å². The maximum atomic E-state index is 11.1. The Morgan fingerprint density at radius 1 is 1.27 bits per heavy atom. The van der Waals surface area contributed by atoms with E-state index in [1.54, 1.807) is 6.20 Å². The molecule has 1 aliphatic heterocycles. The van der Waals surface area contributed by atoms with Crippen LogP contribution in [0.4, 0.5) is 0 Å². The number of carbonyl (C=O) groups excluding carboxylic acids is 1. The van der Waals surface area contributed by atoms with Gasteiger partial charge in [-0.15, -0.1) is 0 Å². The van der Waals surface area contributed by atoms with Crippen molar-refractivity contribution in [1.29, 1.82) is 0 Å². The van der Waals surface area contributed by atoms with Gasteiger partial charge in [-0.2, -0.15) is 0 Å². The van der Waals surface area contributed by atoms with Gasteiger partial charge in [-0.3, -0.25) is 19.7 Å². The van der Waals surface area contributed by atoms with Crippen molar-refractivity contribution < 1.29 is 4.79 Å². The van der Waals surface area contributed by atoms with Crippen LogP contribution in [-0.2, 0) is 11.3 Å². The molecule has 0 N–H and O–H groups in total. The molecule has 0 spiro atoms. The van der Waals surface area contributed by atoms with Crippen molar-refractivity contribution in [3.05, 3.63) is 23.8 Å². The normalized spacial score (nSPS) is 18.1. The van der Waals surface area contributed by atoms with E-state index in [1.165, 1.54) is 0 Å². The van der Waals surface area contributed by atoms with Gasteiger partial charge in [0.2, 0.25) is 0 Å². The molecule has 0 saturated carbocycles. The summed E-state index contributed by atoms with van der Waals surface area (Å²) in [5, 5.41) is 0. The summed E-state index contributed by atoms with van der Waals surface area (Å²) in [6.45, 7) is 4.44. The fourth-order valence-corrected chi connectivity index (χ4v) is 1.69. The Hall–Kier alpha value is -1.29. The van der Waals surface area contributed by atoms with Gasteiger partial charge >= 0.3 is 0 Å². The van der Waals surface area contributed by atoms with E-state index < -0.39 is 0 Å². The summed E-state index contributed by atoms with van der Waals surface area (Å²) in [6.07, 6.45) is 4.95. The molecule has 2 heterocycles. The number of hydrogen-bond acceptors (Lipinski definition) is 4. The average Bonchev–Trinajstić information content (AvgIpc) is 2.25. The minimum Gasteiger partial charge on any atom is -0.300 e. The molecule has 15 heavy (non-hydrogen) atoms. The summed E-state index contributed by atoms with van der Waals surface area (Å²) in [5.74, 6) is 0.376. The highest BCUT2D eigenvalue weighted by atomic mass is 16.1. The van der Waals surface area contributed by atoms with Gasteiger partial charge in [0.1, 0.15) is 5.78 Å². The molecule has 80 valence electrons. The second kappa shape index (κ2) is 4.49. The van der Waals surface area contributed by atoms with Gasteiger partial charge in [-0.05, 0) is 6.92 Å². The Morgan fingerprint density at radius 2 is 2.00 bits per heavy atom. The van der Waals surface area contributed by atoms with Crippen molar-refractivity contribution in [1.82, 2.24) is 14.9 Å². The van der Waals surface area contributed by atoms with Crippen LogP contribution in [-0.4, -0.2) is 33.7 Å². The van der Waals surface area contributed by atoms with Crippen LogP contribution < -0.4 is 0 Å². The highest BCUT2D eigenvalue weighted by Gasteiger charge is 2.16. The monoisotopic (exact) mass is 205 g/mol. The molecule has 2 rings (SSSR count). The number of nitrogens with zero attached hydrogens (tertiary/aromatic N) is 3. The highest BCUT2D eigenvalue weighted by molar-refractivity contribution is 5.79. The fourth-order valence-electron chi connectivity index (χ4n) is 1.69. The first-order valence-corrected chi connectivity index (χ1v) is 5.25. The quantitative estimate of drug-likeness (QED) is 0.721. The number of aryl methyl sites for hydroxylation is 1. The van der Waals surface area contributed by atoms with Crippen LogP contribution in [0.1, 0.15) is 24.2 Å². The summed E-state index contributed by atoms with van der Waals surface area (Å²) in [6, 6.07) is 0. The van der Waals surface area contributed by atoms with Gasteiger partial charge in [-0.25, -0.2) is 0 Å². The third kappa shape index (κ3) is 2.83. The van der Waals surface area contributed by atoms with Crippen molar-refractivity contribution >= 4 is 5.78 Å². The van der Waals surface area contributed by atoms with E-state index in [1.807, 2.05) is 13.1 Å². The smallest absolute Gasteiger partial charge is 0.135 e. The van der Waals surface area contributed by atoms with E-state index in [2.05, 4.69) is 14.9 Å². The fraction of sp³-hybridized carbons (Fsp3) is 0.545. The largest absolute Gasteiger partial charge is 0.300 e. The number of likely N-dealkylation sites (tertiary alicyclic amines) is 1. The summed E-state index contributed by atoms with van der Waals surface area (Å²) in [7, 11) is 0.